The summed E-state index contributed by atoms with van der Waals surface area (Å²) in [6.45, 7) is 4.03. The van der Waals surface area contributed by atoms with Gasteiger partial charge in [0.15, 0.2) is 5.78 Å². The topological polar surface area (TPSA) is 148 Å². The van der Waals surface area contributed by atoms with Crippen molar-refractivity contribution in [2.24, 2.45) is 0 Å². The first-order chi connectivity index (χ1) is 20.4. The second-order valence-electron chi connectivity index (χ2n) is 10.2. The van der Waals surface area contributed by atoms with Crippen molar-refractivity contribution in [2.45, 2.75) is 31.3 Å². The Morgan fingerprint density at radius 3 is 2.21 bits per heavy atom. The lowest BCUT2D eigenvalue weighted by molar-refractivity contribution is -0.153. The number of nitrogens with one attached hydrogen (secondary N) is 2. The van der Waals surface area contributed by atoms with Gasteiger partial charge in [0.1, 0.15) is 17.9 Å². The molecule has 0 radical (unpaired) electrons. The van der Waals surface area contributed by atoms with E-state index in [0.29, 0.717) is 10.5 Å². The van der Waals surface area contributed by atoms with Crippen molar-refractivity contribution < 1.29 is 37.7 Å². The van der Waals surface area contributed by atoms with Gasteiger partial charge in [0.05, 0.1) is 30.1 Å². The molecule has 1 unspecified atom stereocenters. The molecule has 3 aromatic rings. The Hall–Kier alpha value is -4.84. The fraction of sp³-hybridized carbons (Fsp3) is 0.258. The fourth-order valence-electron chi connectivity index (χ4n) is 3.85. The van der Waals surface area contributed by atoms with Crippen LogP contribution in [0.4, 0.5) is 16.2 Å². The van der Waals surface area contributed by atoms with Crippen molar-refractivity contribution in [1.29, 1.82) is 0 Å². The quantitative estimate of drug-likeness (QED) is 0.248. The smallest absolute Gasteiger partial charge is 0.326 e. The van der Waals surface area contributed by atoms with Gasteiger partial charge in [0, 0.05) is 21.7 Å². The molecule has 0 fully saturated rings. The number of esters is 2. The van der Waals surface area contributed by atoms with Crippen molar-refractivity contribution in [2.75, 3.05) is 36.2 Å². The summed E-state index contributed by atoms with van der Waals surface area (Å²) in [4.78, 5) is 65.1. The third-order valence-corrected chi connectivity index (χ3v) is 6.99. The van der Waals surface area contributed by atoms with Crippen LogP contribution >= 0.6 is 0 Å². The van der Waals surface area contributed by atoms with Crippen LogP contribution in [-0.2, 0) is 34.7 Å². The van der Waals surface area contributed by atoms with Crippen LogP contribution in [0.2, 0.25) is 0 Å². The summed E-state index contributed by atoms with van der Waals surface area (Å²) in [7, 11) is -0.497. The van der Waals surface area contributed by atoms with E-state index in [1.807, 2.05) is 0 Å². The number of para-hydroxylation sites is 1. The van der Waals surface area contributed by atoms with Gasteiger partial charge in [-0.3, -0.25) is 28.3 Å². The number of hydrogen-bond acceptors (Lipinski definition) is 8. The Morgan fingerprint density at radius 2 is 1.53 bits per heavy atom. The van der Waals surface area contributed by atoms with Crippen LogP contribution in [0.5, 0.6) is 0 Å². The maximum absolute atomic E-state index is 13.5. The van der Waals surface area contributed by atoms with E-state index in [2.05, 4.69) is 15.4 Å². The van der Waals surface area contributed by atoms with Gasteiger partial charge in [-0.25, -0.2) is 4.79 Å². The number of amides is 3. The molecule has 0 aliphatic carbocycles. The molecular formula is C31H33N3O8S. The van der Waals surface area contributed by atoms with Crippen LogP contribution in [0.1, 0.15) is 36.7 Å². The van der Waals surface area contributed by atoms with Gasteiger partial charge in [-0.1, -0.05) is 48.5 Å². The number of carbonyl (C=O) groups excluding carboxylic acids is 5. The fourth-order valence-corrected chi connectivity index (χ4v) is 4.84. The number of hydrogen-bond donors (Lipinski definition) is 2. The first kappa shape index (κ1) is 32.7. The Labute approximate surface area is 252 Å². The van der Waals surface area contributed by atoms with Crippen molar-refractivity contribution in [3.63, 3.8) is 0 Å². The van der Waals surface area contributed by atoms with Crippen molar-refractivity contribution in [3.8, 4) is 0 Å². The van der Waals surface area contributed by atoms with E-state index < -0.39 is 53.4 Å². The summed E-state index contributed by atoms with van der Waals surface area (Å²) < 4.78 is 22.3. The summed E-state index contributed by atoms with van der Waals surface area (Å²) in [5.74, 6) is -2.72. The van der Waals surface area contributed by atoms with Crippen LogP contribution in [0.25, 0.3) is 0 Å². The summed E-state index contributed by atoms with van der Waals surface area (Å²) in [6, 6.07) is 20.2. The minimum absolute atomic E-state index is 0.176. The standard InChI is InChI=1S/C31H33N3O8S/c1-31(2,3)42-27(36)19-34(25-16-9-8-15-24(25)29(38)21-11-6-5-7-12-21)26(35)18-32-30(39)33-22-13-10-14-23(17-22)43(40)20-28(37)41-4/h5-17H,18-20H2,1-4H3,(H2,32,33,39). The summed E-state index contributed by atoms with van der Waals surface area (Å²) in [6.07, 6.45) is 0. The molecule has 226 valence electrons. The van der Waals surface area contributed by atoms with Gasteiger partial charge in [-0.2, -0.15) is 0 Å². The average Bonchev–Trinajstić information content (AvgIpc) is 2.98. The van der Waals surface area contributed by atoms with Crippen molar-refractivity contribution in [1.82, 2.24) is 5.32 Å². The molecule has 0 aromatic heterocycles. The number of nitrogens with zero attached hydrogens (tertiary/aromatic N) is 1. The van der Waals surface area contributed by atoms with Crippen LogP contribution in [-0.4, -0.2) is 65.4 Å². The molecule has 3 rings (SSSR count). The van der Waals surface area contributed by atoms with E-state index >= 15 is 0 Å². The second kappa shape index (κ2) is 14.9. The number of anilines is 2. The first-order valence-corrected chi connectivity index (χ1v) is 14.5. The molecule has 0 aliphatic heterocycles. The van der Waals surface area contributed by atoms with Gasteiger partial charge < -0.3 is 20.1 Å². The molecule has 0 bridgehead atoms. The maximum Gasteiger partial charge on any atom is 0.326 e. The van der Waals surface area contributed by atoms with Crippen LogP contribution in [0, 0.1) is 0 Å². The predicted octanol–water partition coefficient (Wildman–Crippen LogP) is 3.69. The third kappa shape index (κ3) is 9.89. The number of ketones is 1. The van der Waals surface area contributed by atoms with Gasteiger partial charge in [0.25, 0.3) is 0 Å². The highest BCUT2D eigenvalue weighted by atomic mass is 32.2. The van der Waals surface area contributed by atoms with Gasteiger partial charge in [-0.05, 0) is 51.1 Å². The summed E-state index contributed by atoms with van der Waals surface area (Å²) in [5, 5.41) is 4.99. The van der Waals surface area contributed by atoms with Crippen LogP contribution in [0.15, 0.2) is 83.8 Å². The van der Waals surface area contributed by atoms with E-state index in [9.17, 15) is 28.2 Å². The number of rotatable bonds is 11. The van der Waals surface area contributed by atoms with Crippen molar-refractivity contribution >= 4 is 51.8 Å². The Bertz CT molecular complexity index is 1520. The zero-order chi connectivity index (χ0) is 31.6. The minimum atomic E-state index is -1.69. The average molecular weight is 608 g/mol. The lowest BCUT2D eigenvalue weighted by Crippen LogP contribution is -2.45. The van der Waals surface area contributed by atoms with Crippen molar-refractivity contribution in [3.05, 3.63) is 90.0 Å². The Morgan fingerprint density at radius 1 is 0.860 bits per heavy atom. The largest absolute Gasteiger partial charge is 0.468 e. The number of ether oxygens (including phenoxy) is 2. The molecule has 3 aromatic carbocycles. The molecule has 0 aliphatic rings. The van der Waals surface area contributed by atoms with Gasteiger partial charge in [0.2, 0.25) is 5.91 Å². The van der Waals surface area contributed by atoms with Crippen LogP contribution in [0.3, 0.4) is 0 Å². The highest BCUT2D eigenvalue weighted by Gasteiger charge is 2.27. The SMILES string of the molecule is COC(=O)CS(=O)c1cccc(NC(=O)NCC(=O)N(CC(=O)OC(C)(C)C)c2ccccc2C(=O)c2ccccc2)c1. The Balaban J connectivity index is 1.79. The van der Waals surface area contributed by atoms with Gasteiger partial charge in [-0.15, -0.1) is 0 Å². The monoisotopic (exact) mass is 607 g/mol. The Kier molecular flexibility index (Phi) is 11.3. The molecule has 43 heavy (non-hydrogen) atoms. The molecule has 3 amide bonds. The molecule has 0 heterocycles. The molecule has 11 nitrogen and oxygen atoms in total. The van der Waals surface area contributed by atoms with E-state index in [0.717, 1.165) is 4.90 Å². The zero-order valence-corrected chi connectivity index (χ0v) is 25.1. The zero-order valence-electron chi connectivity index (χ0n) is 24.2. The molecule has 12 heteroatoms. The molecule has 0 saturated heterocycles. The maximum atomic E-state index is 13.5. The lowest BCUT2D eigenvalue weighted by atomic mass is 10.0. The van der Waals surface area contributed by atoms with E-state index in [4.69, 9.17) is 4.74 Å². The number of carbonyl (C=O) groups is 5. The molecule has 2 N–H and O–H groups in total. The molecular weight excluding hydrogens is 574 g/mol. The second-order valence-corrected chi connectivity index (χ2v) is 11.6. The highest BCUT2D eigenvalue weighted by molar-refractivity contribution is 7.85. The number of benzene rings is 3. The minimum Gasteiger partial charge on any atom is -0.468 e. The normalized spacial score (nSPS) is 11.5. The summed E-state index contributed by atoms with van der Waals surface area (Å²) in [5.41, 5.74) is 0.206. The number of urea groups is 1. The molecule has 0 spiro atoms. The van der Waals surface area contributed by atoms with E-state index in [1.54, 1.807) is 87.5 Å². The summed E-state index contributed by atoms with van der Waals surface area (Å²) >= 11 is 0. The third-order valence-electron chi connectivity index (χ3n) is 5.72. The predicted molar refractivity (Wildman–Crippen MR) is 161 cm³/mol. The molecule has 1 atom stereocenters. The first-order valence-electron chi connectivity index (χ1n) is 13.2. The molecule has 0 saturated carbocycles. The lowest BCUT2D eigenvalue weighted by Gasteiger charge is -2.27. The van der Waals surface area contributed by atoms with E-state index in [1.165, 1.54) is 19.2 Å². The van der Waals surface area contributed by atoms with Gasteiger partial charge >= 0.3 is 18.0 Å². The number of methoxy groups -OCH3 is 1. The highest BCUT2D eigenvalue weighted by Crippen LogP contribution is 2.24. The van der Waals surface area contributed by atoms with E-state index in [-0.39, 0.29) is 28.5 Å². The van der Waals surface area contributed by atoms with Crippen LogP contribution < -0.4 is 15.5 Å².